The molecule has 0 fully saturated rings. The van der Waals surface area contributed by atoms with Crippen LogP contribution in [0, 0.1) is 0 Å². The highest BCUT2D eigenvalue weighted by Gasteiger charge is 2.10. The number of hydrogen-bond donors (Lipinski definition) is 0. The zero-order valence-corrected chi connectivity index (χ0v) is 18.5. The zero-order valence-electron chi connectivity index (χ0n) is 16.9. The second kappa shape index (κ2) is 8.71. The first-order chi connectivity index (χ1) is 15.3. The first-order valence-electron chi connectivity index (χ1n) is 10.3. The monoisotopic (exact) mass is 461 g/mol. The maximum atomic E-state index is 5.01. The normalized spacial score (nSPS) is 10.7. The molecule has 0 aliphatic rings. The summed E-state index contributed by atoms with van der Waals surface area (Å²) in [6, 6.07) is 42.2. The Balaban J connectivity index is 1.70. The molecule has 0 unspecified atom stereocenters. The molecule has 0 spiro atoms. The van der Waals surface area contributed by atoms with Crippen molar-refractivity contribution < 1.29 is 0 Å². The highest BCUT2D eigenvalue weighted by Crippen LogP contribution is 2.34. The van der Waals surface area contributed by atoms with Crippen molar-refractivity contribution >= 4 is 15.9 Å². The van der Waals surface area contributed by atoms with Crippen LogP contribution < -0.4 is 0 Å². The van der Waals surface area contributed by atoms with Gasteiger partial charge in [-0.1, -0.05) is 107 Å². The van der Waals surface area contributed by atoms with E-state index in [1.54, 1.807) is 0 Å². The highest BCUT2D eigenvalue weighted by atomic mass is 79.9. The van der Waals surface area contributed by atoms with Crippen molar-refractivity contribution in [2.45, 2.75) is 0 Å². The Morgan fingerprint density at radius 3 is 1.26 bits per heavy atom. The summed E-state index contributed by atoms with van der Waals surface area (Å²) < 4.78 is 1.02. The minimum absolute atomic E-state index is 0.947. The number of aromatic nitrogens is 1. The van der Waals surface area contributed by atoms with E-state index in [-0.39, 0.29) is 0 Å². The third-order valence-corrected chi connectivity index (χ3v) is 5.76. The Morgan fingerprint density at radius 2 is 0.774 bits per heavy atom. The van der Waals surface area contributed by atoms with Gasteiger partial charge in [0.1, 0.15) is 0 Å². The Hall–Kier alpha value is -3.49. The van der Waals surface area contributed by atoms with E-state index in [1.165, 1.54) is 22.3 Å². The van der Waals surface area contributed by atoms with Crippen LogP contribution in [0.4, 0.5) is 0 Å². The van der Waals surface area contributed by atoms with Gasteiger partial charge in [0.25, 0.3) is 0 Å². The predicted octanol–water partition coefficient (Wildman–Crippen LogP) is 8.51. The second-order valence-corrected chi connectivity index (χ2v) is 8.37. The molecule has 5 aromatic rings. The largest absolute Gasteiger partial charge is 0.248 e. The van der Waals surface area contributed by atoms with E-state index in [4.69, 9.17) is 4.98 Å². The Bertz CT molecular complexity index is 1260. The van der Waals surface area contributed by atoms with Gasteiger partial charge in [-0.3, -0.25) is 0 Å². The summed E-state index contributed by atoms with van der Waals surface area (Å²) >= 11 is 3.69. The maximum absolute atomic E-state index is 5.01. The average Bonchev–Trinajstić information content (AvgIpc) is 2.85. The average molecular weight is 462 g/mol. The SMILES string of the molecule is Brc1cc(-c2ccccc2)nc(-c2cc(-c3ccccc3)cc(-c3ccccc3)c2)c1. The van der Waals surface area contributed by atoms with Crippen molar-refractivity contribution in [2.75, 3.05) is 0 Å². The number of hydrogen-bond acceptors (Lipinski definition) is 1. The van der Waals surface area contributed by atoms with Gasteiger partial charge in [0.05, 0.1) is 11.4 Å². The quantitative estimate of drug-likeness (QED) is 0.261. The van der Waals surface area contributed by atoms with Gasteiger partial charge in [0, 0.05) is 15.6 Å². The summed E-state index contributed by atoms with van der Waals surface area (Å²) in [5.41, 5.74) is 8.85. The Labute approximate surface area is 191 Å². The van der Waals surface area contributed by atoms with Gasteiger partial charge in [-0.2, -0.15) is 0 Å². The number of halogens is 1. The predicted molar refractivity (Wildman–Crippen MR) is 134 cm³/mol. The Kier molecular flexibility index (Phi) is 5.47. The second-order valence-electron chi connectivity index (χ2n) is 7.45. The molecule has 0 saturated heterocycles. The molecule has 0 aliphatic heterocycles. The number of rotatable bonds is 4. The molecule has 0 radical (unpaired) electrons. The van der Waals surface area contributed by atoms with Gasteiger partial charge in [-0.05, 0) is 52.6 Å². The summed E-state index contributed by atoms with van der Waals surface area (Å²) in [7, 11) is 0. The number of pyridine rings is 1. The summed E-state index contributed by atoms with van der Waals surface area (Å²) in [6.45, 7) is 0. The lowest BCUT2D eigenvalue weighted by Crippen LogP contribution is -1.91. The van der Waals surface area contributed by atoms with Crippen LogP contribution in [-0.4, -0.2) is 4.98 Å². The number of benzene rings is 4. The number of nitrogens with zero attached hydrogens (tertiary/aromatic N) is 1. The third-order valence-electron chi connectivity index (χ3n) is 5.30. The van der Waals surface area contributed by atoms with Crippen molar-refractivity contribution in [3.8, 4) is 44.8 Å². The van der Waals surface area contributed by atoms with Crippen LogP contribution in [0.5, 0.6) is 0 Å². The Morgan fingerprint density at radius 1 is 0.387 bits per heavy atom. The molecule has 1 heterocycles. The molecule has 1 nitrogen and oxygen atoms in total. The lowest BCUT2D eigenvalue weighted by molar-refractivity contribution is 1.31. The summed E-state index contributed by atoms with van der Waals surface area (Å²) in [5, 5.41) is 0. The van der Waals surface area contributed by atoms with E-state index < -0.39 is 0 Å². The topological polar surface area (TPSA) is 12.9 Å². The summed E-state index contributed by atoms with van der Waals surface area (Å²) in [5.74, 6) is 0. The van der Waals surface area contributed by atoms with E-state index in [0.717, 1.165) is 27.0 Å². The molecule has 1 aromatic heterocycles. The fourth-order valence-electron chi connectivity index (χ4n) is 3.77. The molecule has 0 atom stereocenters. The van der Waals surface area contributed by atoms with Gasteiger partial charge < -0.3 is 0 Å². The lowest BCUT2D eigenvalue weighted by Gasteiger charge is -2.12. The van der Waals surface area contributed by atoms with Crippen molar-refractivity contribution in [3.05, 3.63) is 126 Å². The molecule has 5 rings (SSSR count). The van der Waals surface area contributed by atoms with Crippen LogP contribution in [0.2, 0.25) is 0 Å². The molecular formula is C29H20BrN. The fourth-order valence-corrected chi connectivity index (χ4v) is 4.21. The van der Waals surface area contributed by atoms with E-state index >= 15 is 0 Å². The van der Waals surface area contributed by atoms with E-state index in [9.17, 15) is 0 Å². The molecule has 0 amide bonds. The van der Waals surface area contributed by atoms with E-state index in [1.807, 2.05) is 30.3 Å². The summed E-state index contributed by atoms with van der Waals surface area (Å²) in [4.78, 5) is 5.01. The van der Waals surface area contributed by atoms with Crippen LogP contribution in [0.25, 0.3) is 44.8 Å². The maximum Gasteiger partial charge on any atom is 0.0721 e. The van der Waals surface area contributed by atoms with Gasteiger partial charge in [0.15, 0.2) is 0 Å². The van der Waals surface area contributed by atoms with Gasteiger partial charge >= 0.3 is 0 Å². The van der Waals surface area contributed by atoms with Crippen LogP contribution >= 0.6 is 15.9 Å². The fraction of sp³-hybridized carbons (Fsp3) is 0. The highest BCUT2D eigenvalue weighted by molar-refractivity contribution is 9.10. The first-order valence-corrected chi connectivity index (χ1v) is 11.0. The molecule has 0 aliphatic carbocycles. The molecule has 31 heavy (non-hydrogen) atoms. The van der Waals surface area contributed by atoms with Crippen LogP contribution in [0.1, 0.15) is 0 Å². The first kappa shape index (κ1) is 19.5. The van der Waals surface area contributed by atoms with Crippen LogP contribution in [0.3, 0.4) is 0 Å². The van der Waals surface area contributed by atoms with Crippen molar-refractivity contribution in [1.29, 1.82) is 0 Å². The van der Waals surface area contributed by atoms with Crippen LogP contribution in [-0.2, 0) is 0 Å². The van der Waals surface area contributed by atoms with E-state index in [0.29, 0.717) is 0 Å². The smallest absolute Gasteiger partial charge is 0.0721 e. The minimum atomic E-state index is 0.947. The van der Waals surface area contributed by atoms with Gasteiger partial charge in [0.2, 0.25) is 0 Å². The van der Waals surface area contributed by atoms with Gasteiger partial charge in [-0.25, -0.2) is 4.98 Å². The minimum Gasteiger partial charge on any atom is -0.248 e. The zero-order chi connectivity index (χ0) is 21.0. The van der Waals surface area contributed by atoms with Crippen LogP contribution in [0.15, 0.2) is 126 Å². The lowest BCUT2D eigenvalue weighted by atomic mass is 9.95. The molecule has 0 bridgehead atoms. The van der Waals surface area contributed by atoms with Crippen molar-refractivity contribution in [1.82, 2.24) is 4.98 Å². The van der Waals surface area contributed by atoms with Crippen molar-refractivity contribution in [3.63, 3.8) is 0 Å². The molecular weight excluding hydrogens is 442 g/mol. The van der Waals surface area contributed by atoms with Gasteiger partial charge in [-0.15, -0.1) is 0 Å². The third kappa shape index (κ3) is 4.35. The molecule has 2 heteroatoms. The molecule has 0 N–H and O–H groups in total. The summed E-state index contributed by atoms with van der Waals surface area (Å²) in [6.07, 6.45) is 0. The van der Waals surface area contributed by atoms with E-state index in [2.05, 4.69) is 107 Å². The molecule has 4 aromatic carbocycles. The molecule has 0 saturated carbocycles. The standard InChI is InChI=1S/C29H20BrN/c30-27-19-28(23-14-8-3-9-15-23)31-29(20-27)26-17-24(21-10-4-1-5-11-21)16-25(18-26)22-12-6-2-7-13-22/h1-20H. The molecule has 148 valence electrons. The van der Waals surface area contributed by atoms with Crippen molar-refractivity contribution in [2.24, 2.45) is 0 Å².